The number of carboxylic acids is 1. The van der Waals surface area contributed by atoms with E-state index in [4.69, 9.17) is 11.6 Å². The lowest BCUT2D eigenvalue weighted by Gasteiger charge is -2.45. The molecule has 4 heteroatoms. The van der Waals surface area contributed by atoms with E-state index in [2.05, 4.69) is 6.92 Å². The zero-order valence-electron chi connectivity index (χ0n) is 10.2. The third-order valence-electron chi connectivity index (χ3n) is 3.82. The van der Waals surface area contributed by atoms with Crippen molar-refractivity contribution < 1.29 is 14.3 Å². The standard InChI is InChI=1S/C14H16ClFO2/c1-2-4-9-7-14(8-9,13(17)18)12-10(15)5-3-6-11(12)16/h3,5-6,9H,2,4,7-8H2,1H3,(H,17,18). The van der Waals surface area contributed by atoms with Gasteiger partial charge >= 0.3 is 5.97 Å². The molecular weight excluding hydrogens is 255 g/mol. The molecule has 2 nitrogen and oxygen atoms in total. The van der Waals surface area contributed by atoms with Gasteiger partial charge in [0, 0.05) is 10.6 Å². The lowest BCUT2D eigenvalue weighted by atomic mass is 9.57. The van der Waals surface area contributed by atoms with Gasteiger partial charge in [-0.2, -0.15) is 0 Å². The summed E-state index contributed by atoms with van der Waals surface area (Å²) < 4.78 is 13.9. The maximum atomic E-state index is 13.9. The molecule has 0 atom stereocenters. The lowest BCUT2D eigenvalue weighted by Crippen LogP contribution is -2.48. The maximum Gasteiger partial charge on any atom is 0.314 e. The predicted molar refractivity (Wildman–Crippen MR) is 68.4 cm³/mol. The van der Waals surface area contributed by atoms with Gasteiger partial charge < -0.3 is 5.11 Å². The number of rotatable bonds is 4. The Hall–Kier alpha value is -1.09. The Kier molecular flexibility index (Phi) is 3.62. The number of carbonyl (C=O) groups is 1. The summed E-state index contributed by atoms with van der Waals surface area (Å²) in [5.74, 6) is -1.12. The van der Waals surface area contributed by atoms with Gasteiger partial charge in [-0.15, -0.1) is 0 Å². The monoisotopic (exact) mass is 270 g/mol. The first-order valence-electron chi connectivity index (χ1n) is 6.19. The third-order valence-corrected chi connectivity index (χ3v) is 4.14. The molecule has 98 valence electrons. The summed E-state index contributed by atoms with van der Waals surface area (Å²) in [5, 5.41) is 9.66. The van der Waals surface area contributed by atoms with E-state index >= 15 is 0 Å². The predicted octanol–water partition coefficient (Wildman–Crippen LogP) is 4.01. The highest BCUT2D eigenvalue weighted by Crippen LogP contribution is 2.52. The fraction of sp³-hybridized carbons (Fsp3) is 0.500. The third kappa shape index (κ3) is 2.01. The maximum absolute atomic E-state index is 13.9. The minimum absolute atomic E-state index is 0.159. The zero-order chi connectivity index (χ0) is 13.3. The molecule has 18 heavy (non-hydrogen) atoms. The minimum atomic E-state index is -1.12. The van der Waals surface area contributed by atoms with Crippen LogP contribution in [-0.4, -0.2) is 11.1 Å². The molecule has 1 fully saturated rings. The molecule has 0 saturated heterocycles. The van der Waals surface area contributed by atoms with Gasteiger partial charge in [-0.25, -0.2) is 4.39 Å². The average molecular weight is 271 g/mol. The summed E-state index contributed by atoms with van der Waals surface area (Å²) in [6.45, 7) is 2.07. The van der Waals surface area contributed by atoms with Crippen molar-refractivity contribution in [3.63, 3.8) is 0 Å². The van der Waals surface area contributed by atoms with E-state index in [1.807, 2.05) is 0 Å². The smallest absolute Gasteiger partial charge is 0.314 e. The summed E-state index contributed by atoms with van der Waals surface area (Å²) in [4.78, 5) is 11.5. The highest BCUT2D eigenvalue weighted by Gasteiger charge is 2.53. The van der Waals surface area contributed by atoms with Crippen LogP contribution in [0.3, 0.4) is 0 Å². The van der Waals surface area contributed by atoms with E-state index in [9.17, 15) is 14.3 Å². The van der Waals surface area contributed by atoms with Gasteiger partial charge in [0.25, 0.3) is 0 Å². The van der Waals surface area contributed by atoms with Crippen LogP contribution >= 0.6 is 11.6 Å². The van der Waals surface area contributed by atoms with E-state index in [1.165, 1.54) is 12.1 Å². The molecule has 0 spiro atoms. The first kappa shape index (κ1) is 13.3. The van der Waals surface area contributed by atoms with Crippen LogP contribution in [0.15, 0.2) is 18.2 Å². The van der Waals surface area contributed by atoms with Crippen molar-refractivity contribution in [1.29, 1.82) is 0 Å². The Morgan fingerprint density at radius 2 is 2.22 bits per heavy atom. The van der Waals surface area contributed by atoms with E-state index in [-0.39, 0.29) is 10.6 Å². The Balaban J connectivity index is 2.36. The molecule has 1 N–H and O–H groups in total. The fourth-order valence-electron chi connectivity index (χ4n) is 2.98. The van der Waals surface area contributed by atoms with Crippen molar-refractivity contribution in [2.75, 3.05) is 0 Å². The molecule has 0 aromatic heterocycles. The van der Waals surface area contributed by atoms with Gasteiger partial charge in [0.2, 0.25) is 0 Å². The minimum Gasteiger partial charge on any atom is -0.481 e. The van der Waals surface area contributed by atoms with Crippen molar-refractivity contribution in [3.05, 3.63) is 34.6 Å². The van der Waals surface area contributed by atoms with Crippen molar-refractivity contribution in [3.8, 4) is 0 Å². The summed E-state index contributed by atoms with van der Waals surface area (Å²) >= 11 is 5.99. The van der Waals surface area contributed by atoms with Gasteiger partial charge in [-0.1, -0.05) is 37.4 Å². The first-order valence-corrected chi connectivity index (χ1v) is 6.57. The van der Waals surface area contributed by atoms with Crippen LogP contribution in [0.5, 0.6) is 0 Å². The molecule has 2 rings (SSSR count). The molecule has 0 heterocycles. The highest BCUT2D eigenvalue weighted by molar-refractivity contribution is 6.31. The van der Waals surface area contributed by atoms with E-state index < -0.39 is 17.2 Å². The summed E-state index contributed by atoms with van der Waals surface area (Å²) in [5.41, 5.74) is -0.964. The summed E-state index contributed by atoms with van der Waals surface area (Å²) in [7, 11) is 0. The van der Waals surface area contributed by atoms with Crippen LogP contribution in [0.4, 0.5) is 4.39 Å². The van der Waals surface area contributed by atoms with Crippen LogP contribution in [0, 0.1) is 11.7 Å². The van der Waals surface area contributed by atoms with Gasteiger partial charge in [0.1, 0.15) is 5.82 Å². The zero-order valence-corrected chi connectivity index (χ0v) is 11.0. The normalized spacial score (nSPS) is 26.7. The van der Waals surface area contributed by atoms with Crippen LogP contribution < -0.4 is 0 Å². The van der Waals surface area contributed by atoms with Crippen molar-refractivity contribution in [2.24, 2.45) is 5.92 Å². The van der Waals surface area contributed by atoms with Crippen LogP contribution in [0.2, 0.25) is 5.02 Å². The molecule has 0 unspecified atom stereocenters. The van der Waals surface area contributed by atoms with Crippen molar-refractivity contribution >= 4 is 17.6 Å². The first-order chi connectivity index (χ1) is 8.51. The molecule has 1 saturated carbocycles. The van der Waals surface area contributed by atoms with E-state index in [0.717, 1.165) is 12.8 Å². The Morgan fingerprint density at radius 1 is 1.56 bits per heavy atom. The van der Waals surface area contributed by atoms with Crippen LogP contribution in [0.25, 0.3) is 0 Å². The van der Waals surface area contributed by atoms with Crippen LogP contribution in [-0.2, 0) is 10.2 Å². The second-order valence-electron chi connectivity index (χ2n) is 5.05. The number of hydrogen-bond acceptors (Lipinski definition) is 1. The van der Waals surface area contributed by atoms with Crippen molar-refractivity contribution in [2.45, 2.75) is 38.0 Å². The summed E-state index contributed by atoms with van der Waals surface area (Å²) in [6.07, 6.45) is 2.97. The Labute approximate surface area is 111 Å². The second kappa shape index (κ2) is 4.88. The van der Waals surface area contributed by atoms with Gasteiger partial charge in [-0.3, -0.25) is 4.79 Å². The number of halogens is 2. The van der Waals surface area contributed by atoms with E-state index in [0.29, 0.717) is 18.8 Å². The Morgan fingerprint density at radius 3 is 2.72 bits per heavy atom. The molecular formula is C14H16ClFO2. The quantitative estimate of drug-likeness (QED) is 0.897. The molecule has 0 aliphatic heterocycles. The molecule has 1 aromatic rings. The van der Waals surface area contributed by atoms with E-state index in [1.54, 1.807) is 6.07 Å². The van der Waals surface area contributed by atoms with Gasteiger partial charge in [-0.05, 0) is 30.9 Å². The Bertz CT molecular complexity index is 447. The number of aliphatic carboxylic acids is 1. The number of benzene rings is 1. The highest BCUT2D eigenvalue weighted by atomic mass is 35.5. The summed E-state index contributed by atoms with van der Waals surface area (Å²) in [6, 6.07) is 4.33. The number of carboxylic acid groups (broad SMARTS) is 1. The van der Waals surface area contributed by atoms with Crippen molar-refractivity contribution in [1.82, 2.24) is 0 Å². The van der Waals surface area contributed by atoms with Gasteiger partial charge in [0.05, 0.1) is 5.41 Å². The fourth-order valence-corrected chi connectivity index (χ4v) is 3.32. The number of hydrogen-bond donors (Lipinski definition) is 1. The topological polar surface area (TPSA) is 37.3 Å². The van der Waals surface area contributed by atoms with Crippen LogP contribution in [0.1, 0.15) is 38.2 Å². The molecule has 1 aliphatic rings. The molecule has 1 aliphatic carbocycles. The largest absolute Gasteiger partial charge is 0.481 e. The molecule has 1 aromatic carbocycles. The lowest BCUT2D eigenvalue weighted by molar-refractivity contribution is -0.150. The molecule has 0 bridgehead atoms. The second-order valence-corrected chi connectivity index (χ2v) is 5.45. The molecule has 0 amide bonds. The average Bonchev–Trinajstić information content (AvgIpc) is 2.24. The SMILES string of the molecule is CCCC1CC(C(=O)O)(c2c(F)cccc2Cl)C1. The van der Waals surface area contributed by atoms with Gasteiger partial charge in [0.15, 0.2) is 0 Å². The molecule has 0 radical (unpaired) electrons.